The Morgan fingerprint density at radius 3 is 2.06 bits per heavy atom. The van der Waals surface area contributed by atoms with E-state index >= 15 is 8.78 Å². The second kappa shape index (κ2) is 18.7. The number of carbonyl (C=O) groups excluding carboxylic acids is 4. The highest BCUT2D eigenvalue weighted by Gasteiger charge is 2.38. The number of nitrogens with two attached hydrogens (primary N) is 1. The predicted octanol–water partition coefficient (Wildman–Crippen LogP) is 4.95. The van der Waals surface area contributed by atoms with E-state index in [4.69, 9.17) is 25.3 Å². The number of nitrogen functional groups attached to an aromatic ring is 1. The van der Waals surface area contributed by atoms with Crippen molar-refractivity contribution in [2.24, 2.45) is 0 Å². The minimum Gasteiger partial charge on any atom is -0.383 e. The number of nitrogens with one attached hydrogen (secondary N) is 2. The van der Waals surface area contributed by atoms with Gasteiger partial charge in [-0.2, -0.15) is 5.10 Å². The van der Waals surface area contributed by atoms with Crippen LogP contribution in [0.5, 0.6) is 0 Å². The highest BCUT2D eigenvalue weighted by atomic mass is 19.1. The van der Waals surface area contributed by atoms with Gasteiger partial charge in [0, 0.05) is 102 Å². The summed E-state index contributed by atoms with van der Waals surface area (Å²) >= 11 is 0. The molecule has 19 nitrogen and oxygen atoms in total. The van der Waals surface area contributed by atoms with E-state index in [0.717, 1.165) is 49.8 Å². The maximum Gasteiger partial charge on any atom is 0.249 e. The van der Waals surface area contributed by atoms with E-state index in [1.165, 1.54) is 18.5 Å². The summed E-state index contributed by atoms with van der Waals surface area (Å²) in [6.07, 6.45) is 10.9. The fourth-order valence-corrected chi connectivity index (χ4v) is 10.4. The molecule has 1 aliphatic carbocycles. The van der Waals surface area contributed by atoms with E-state index in [-0.39, 0.29) is 72.7 Å². The van der Waals surface area contributed by atoms with Gasteiger partial charge in [-0.1, -0.05) is 5.16 Å². The molecule has 4 aliphatic heterocycles. The molecule has 5 aromatic rings. The second-order valence-electron chi connectivity index (χ2n) is 20.0. The highest BCUT2D eigenvalue weighted by Crippen LogP contribution is 2.48. The maximum absolute atomic E-state index is 15.3. The van der Waals surface area contributed by atoms with E-state index in [0.29, 0.717) is 92.0 Å². The molecule has 4 amide bonds. The number of hydrogen-bond donors (Lipinski definition) is 3. The molecule has 0 bridgehead atoms. The van der Waals surface area contributed by atoms with Gasteiger partial charge >= 0.3 is 0 Å². The number of aromatic nitrogens is 7. The standard InChI is InChI=1S/C48H58F2N14O5/c1-48(2,3)64-46-39(44(51)54-26-55-46)40(58-64)41-38(43(69-59-41)28-4-5-28)45-52-24-29(25-53-45)27-10-14-61(15-11-27)36(66)8-9-37(67)62-16-12-31(13-17-62)60-18-20-63(21-19-60)42-32(49)22-30(23-33(42)50)56-34-6-7-35(65)57-47(34)68/h22-28,31,34,56H,4-21H2,1-3H3,(H2,51,54,55)(H,57,65,68). The van der Waals surface area contributed by atoms with Crippen molar-refractivity contribution in [2.75, 3.05) is 68.3 Å². The zero-order valence-electron chi connectivity index (χ0n) is 39.2. The van der Waals surface area contributed by atoms with Crippen LogP contribution < -0.4 is 21.3 Å². The van der Waals surface area contributed by atoms with Crippen LogP contribution in [0.25, 0.3) is 33.8 Å². The molecular weight excluding hydrogens is 891 g/mol. The first-order valence-corrected chi connectivity index (χ1v) is 24.2. The molecule has 10 rings (SSSR count). The average molecular weight is 949 g/mol. The molecule has 1 unspecified atom stereocenters. The lowest BCUT2D eigenvalue weighted by atomic mass is 9.91. The average Bonchev–Trinajstić information content (AvgIpc) is 3.96. The van der Waals surface area contributed by atoms with E-state index < -0.39 is 29.1 Å². The topological polar surface area (TPSA) is 227 Å². The molecule has 4 N–H and O–H groups in total. The molecule has 1 atom stereocenters. The molecule has 1 aromatic carbocycles. The third kappa shape index (κ3) is 9.44. The van der Waals surface area contributed by atoms with Crippen LogP contribution in [0.15, 0.2) is 35.4 Å². The van der Waals surface area contributed by atoms with Crippen LogP contribution in [0.4, 0.5) is 26.0 Å². The largest absolute Gasteiger partial charge is 0.383 e. The van der Waals surface area contributed by atoms with E-state index in [2.05, 4.69) is 30.7 Å². The van der Waals surface area contributed by atoms with Gasteiger partial charge in [0.2, 0.25) is 23.6 Å². The van der Waals surface area contributed by atoms with Gasteiger partial charge in [-0.05, 0) is 89.3 Å². The Morgan fingerprint density at radius 1 is 0.812 bits per heavy atom. The number of piperidine rings is 3. The third-order valence-corrected chi connectivity index (χ3v) is 14.3. The van der Waals surface area contributed by atoms with Gasteiger partial charge in [-0.15, -0.1) is 0 Å². The molecule has 364 valence electrons. The Kier molecular flexibility index (Phi) is 12.5. The third-order valence-electron chi connectivity index (χ3n) is 14.3. The van der Waals surface area contributed by atoms with Gasteiger partial charge in [0.15, 0.2) is 28.9 Å². The van der Waals surface area contributed by atoms with Crippen LogP contribution in [0.2, 0.25) is 0 Å². The number of anilines is 3. The minimum absolute atomic E-state index is 0.0192. The lowest BCUT2D eigenvalue weighted by molar-refractivity contribution is -0.138. The summed E-state index contributed by atoms with van der Waals surface area (Å²) in [7, 11) is 0. The lowest BCUT2D eigenvalue weighted by Crippen LogP contribution is -2.54. The Labute approximate surface area is 397 Å². The van der Waals surface area contributed by atoms with E-state index in [1.807, 2.05) is 47.6 Å². The maximum atomic E-state index is 15.3. The fourth-order valence-electron chi connectivity index (χ4n) is 10.4. The van der Waals surface area contributed by atoms with Crippen molar-refractivity contribution in [2.45, 2.75) is 114 Å². The fraction of sp³-hybridized carbons (Fsp3) is 0.542. The first-order chi connectivity index (χ1) is 33.2. The Bertz CT molecular complexity index is 2740. The number of benzene rings is 1. The molecule has 4 aromatic heterocycles. The van der Waals surface area contributed by atoms with Gasteiger partial charge in [0.25, 0.3) is 0 Å². The smallest absolute Gasteiger partial charge is 0.249 e. The highest BCUT2D eigenvalue weighted by molar-refractivity contribution is 6.02. The lowest BCUT2D eigenvalue weighted by Gasteiger charge is -2.43. The summed E-state index contributed by atoms with van der Waals surface area (Å²) in [6, 6.07) is 1.88. The zero-order chi connectivity index (χ0) is 48.1. The van der Waals surface area contributed by atoms with Crippen LogP contribution >= 0.6 is 0 Å². The van der Waals surface area contributed by atoms with Gasteiger partial charge in [0.05, 0.1) is 16.5 Å². The van der Waals surface area contributed by atoms with Crippen molar-refractivity contribution >= 4 is 51.9 Å². The molecule has 0 spiro atoms. The number of amides is 4. The first-order valence-electron chi connectivity index (χ1n) is 24.2. The Hall–Kier alpha value is -6.64. The number of nitrogens with zero attached hydrogens (tertiary/aromatic N) is 11. The molecule has 1 saturated carbocycles. The number of piperazine rings is 1. The van der Waals surface area contributed by atoms with Crippen molar-refractivity contribution in [3.63, 3.8) is 0 Å². The number of halogens is 2. The summed E-state index contributed by atoms with van der Waals surface area (Å²) in [5.74, 6) is -0.433. The summed E-state index contributed by atoms with van der Waals surface area (Å²) in [4.78, 5) is 76.5. The number of carbonyl (C=O) groups is 4. The van der Waals surface area contributed by atoms with E-state index in [1.54, 1.807) is 4.90 Å². The van der Waals surface area contributed by atoms with Crippen LogP contribution in [0, 0.1) is 11.6 Å². The number of rotatable bonds is 11. The number of likely N-dealkylation sites (tertiary alicyclic amines) is 2. The van der Waals surface area contributed by atoms with E-state index in [9.17, 15) is 19.2 Å². The van der Waals surface area contributed by atoms with Gasteiger partial charge in [-0.25, -0.2) is 33.4 Å². The Morgan fingerprint density at radius 2 is 1.45 bits per heavy atom. The molecular formula is C48H58F2N14O5. The zero-order valence-corrected chi connectivity index (χ0v) is 39.2. The molecule has 5 fully saturated rings. The van der Waals surface area contributed by atoms with Gasteiger partial charge in [0.1, 0.15) is 35.3 Å². The summed E-state index contributed by atoms with van der Waals surface area (Å²) in [5, 5.41) is 15.1. The second-order valence-corrected chi connectivity index (χ2v) is 20.0. The quantitative estimate of drug-likeness (QED) is 0.149. The molecule has 21 heteroatoms. The summed E-state index contributed by atoms with van der Waals surface area (Å²) in [5.41, 5.74) is 9.39. The van der Waals surface area contributed by atoms with Crippen LogP contribution in [0.3, 0.4) is 0 Å². The van der Waals surface area contributed by atoms with Gasteiger partial charge < -0.3 is 30.3 Å². The number of imide groups is 1. The van der Waals surface area contributed by atoms with Crippen molar-refractivity contribution in [1.29, 1.82) is 0 Å². The first kappa shape index (κ1) is 46.1. The minimum atomic E-state index is -0.745. The molecule has 8 heterocycles. The monoisotopic (exact) mass is 948 g/mol. The number of fused-ring (bicyclic) bond motifs is 1. The van der Waals surface area contributed by atoms with Crippen LogP contribution in [-0.2, 0) is 24.7 Å². The predicted molar refractivity (Wildman–Crippen MR) is 251 cm³/mol. The summed E-state index contributed by atoms with van der Waals surface area (Å²) < 4.78 is 38.4. The Balaban J connectivity index is 0.681. The molecule has 0 radical (unpaired) electrons. The van der Waals surface area contributed by atoms with Crippen molar-refractivity contribution in [3.05, 3.63) is 53.8 Å². The van der Waals surface area contributed by atoms with Gasteiger partial charge in [-0.3, -0.25) is 29.4 Å². The molecule has 5 aliphatic rings. The van der Waals surface area contributed by atoms with Crippen molar-refractivity contribution < 1.29 is 32.5 Å². The van der Waals surface area contributed by atoms with Crippen molar-refractivity contribution in [1.82, 2.24) is 54.9 Å². The molecule has 4 saturated heterocycles. The normalized spacial score (nSPS) is 20.2. The summed E-state index contributed by atoms with van der Waals surface area (Å²) in [6.45, 7) is 10.6. The van der Waals surface area contributed by atoms with Crippen molar-refractivity contribution in [3.8, 4) is 22.8 Å². The molecule has 69 heavy (non-hydrogen) atoms. The van der Waals surface area contributed by atoms with Crippen LogP contribution in [-0.4, -0.2) is 138 Å². The number of hydrogen-bond acceptors (Lipinski definition) is 15. The SMILES string of the molecule is CC(C)(C)n1nc(-c2noc(C3CC3)c2-c2ncc(C3CCN(C(=O)CCC(=O)N4CCC(N5CCN(c6c(F)cc(NC7CCC(=O)NC7=O)cc6F)CC5)CC4)CC3)cn2)c2c(N)ncnc21. The van der Waals surface area contributed by atoms with Crippen LogP contribution in [0.1, 0.15) is 108 Å².